The number of rotatable bonds is 3. The molecule has 0 spiro atoms. The van der Waals surface area contributed by atoms with E-state index in [9.17, 15) is 0 Å². The minimum Gasteiger partial charge on any atom is -0.444 e. The van der Waals surface area contributed by atoms with Gasteiger partial charge in [-0.25, -0.2) is 4.98 Å². The largest absolute Gasteiger partial charge is 0.444 e. The second-order valence-corrected chi connectivity index (χ2v) is 2.94. The Morgan fingerprint density at radius 2 is 2.36 bits per heavy atom. The summed E-state index contributed by atoms with van der Waals surface area (Å²) >= 11 is 0. The molecule has 0 saturated heterocycles. The molecule has 0 fully saturated rings. The highest BCUT2D eigenvalue weighted by Crippen LogP contribution is 2.18. The standard InChI is InChI=1S/C10H11N3O/c11-3-1-9-5-8(2-4-13-9)10-6-12-7-14-10/h2,4-7H,1,3,11H2. The molecular weight excluding hydrogens is 178 g/mol. The zero-order chi connectivity index (χ0) is 9.80. The molecule has 2 aromatic rings. The van der Waals surface area contributed by atoms with Gasteiger partial charge in [0.1, 0.15) is 0 Å². The predicted molar refractivity (Wildman–Crippen MR) is 52.5 cm³/mol. The van der Waals surface area contributed by atoms with Crippen molar-refractivity contribution in [3.05, 3.63) is 36.6 Å². The first kappa shape index (κ1) is 8.90. The van der Waals surface area contributed by atoms with Gasteiger partial charge in [0.2, 0.25) is 0 Å². The molecule has 72 valence electrons. The molecule has 0 amide bonds. The molecule has 0 bridgehead atoms. The van der Waals surface area contributed by atoms with Crippen LogP contribution in [0.25, 0.3) is 11.3 Å². The van der Waals surface area contributed by atoms with Crippen molar-refractivity contribution in [2.75, 3.05) is 6.54 Å². The topological polar surface area (TPSA) is 64.9 Å². The average Bonchev–Trinajstić information content (AvgIpc) is 2.71. The Labute approximate surface area is 81.8 Å². The van der Waals surface area contributed by atoms with E-state index in [1.165, 1.54) is 6.39 Å². The Hall–Kier alpha value is -1.68. The maximum absolute atomic E-state index is 5.45. The lowest BCUT2D eigenvalue weighted by molar-refractivity contribution is 0.571. The maximum atomic E-state index is 5.45. The van der Waals surface area contributed by atoms with Crippen LogP contribution in [0.3, 0.4) is 0 Å². The van der Waals surface area contributed by atoms with Crippen molar-refractivity contribution >= 4 is 0 Å². The smallest absolute Gasteiger partial charge is 0.181 e. The Morgan fingerprint density at radius 3 is 3.07 bits per heavy atom. The highest BCUT2D eigenvalue weighted by atomic mass is 16.3. The Morgan fingerprint density at radius 1 is 1.43 bits per heavy atom. The molecule has 2 aromatic heterocycles. The van der Waals surface area contributed by atoms with Crippen LogP contribution < -0.4 is 5.73 Å². The quantitative estimate of drug-likeness (QED) is 0.788. The van der Waals surface area contributed by atoms with Crippen molar-refractivity contribution in [3.8, 4) is 11.3 Å². The highest BCUT2D eigenvalue weighted by molar-refractivity contribution is 5.55. The van der Waals surface area contributed by atoms with Crippen LogP contribution in [0.1, 0.15) is 5.69 Å². The summed E-state index contributed by atoms with van der Waals surface area (Å²) < 4.78 is 5.18. The van der Waals surface area contributed by atoms with E-state index in [0.29, 0.717) is 6.54 Å². The molecule has 0 atom stereocenters. The van der Waals surface area contributed by atoms with Crippen LogP contribution in [0.2, 0.25) is 0 Å². The Balaban J connectivity index is 2.31. The van der Waals surface area contributed by atoms with E-state index >= 15 is 0 Å². The van der Waals surface area contributed by atoms with Crippen LogP contribution in [0.4, 0.5) is 0 Å². The maximum Gasteiger partial charge on any atom is 0.181 e. The van der Waals surface area contributed by atoms with Gasteiger partial charge < -0.3 is 10.2 Å². The number of nitrogens with two attached hydrogens (primary N) is 1. The lowest BCUT2D eigenvalue weighted by Crippen LogP contribution is -2.04. The van der Waals surface area contributed by atoms with Crippen LogP contribution in [0, 0.1) is 0 Å². The lowest BCUT2D eigenvalue weighted by atomic mass is 10.1. The predicted octanol–water partition coefficient (Wildman–Crippen LogP) is 1.24. The monoisotopic (exact) mass is 189 g/mol. The molecule has 0 aliphatic carbocycles. The van der Waals surface area contributed by atoms with E-state index in [4.69, 9.17) is 10.2 Å². The summed E-state index contributed by atoms with van der Waals surface area (Å²) in [6, 6.07) is 3.86. The SMILES string of the molecule is NCCc1cc(-c2cnco2)ccn1. The molecule has 0 aromatic carbocycles. The average molecular weight is 189 g/mol. The fourth-order valence-electron chi connectivity index (χ4n) is 1.27. The first-order chi connectivity index (χ1) is 6.90. The summed E-state index contributed by atoms with van der Waals surface area (Å²) in [6.07, 6.45) is 5.63. The third-order valence-corrected chi connectivity index (χ3v) is 1.93. The van der Waals surface area contributed by atoms with Gasteiger partial charge in [-0.05, 0) is 18.7 Å². The Kier molecular flexibility index (Phi) is 2.55. The van der Waals surface area contributed by atoms with Crippen LogP contribution in [-0.4, -0.2) is 16.5 Å². The van der Waals surface area contributed by atoms with Gasteiger partial charge in [-0.15, -0.1) is 0 Å². The summed E-state index contributed by atoms with van der Waals surface area (Å²) in [6.45, 7) is 0.604. The molecule has 0 unspecified atom stereocenters. The molecule has 2 N–H and O–H groups in total. The number of aromatic nitrogens is 2. The highest BCUT2D eigenvalue weighted by Gasteiger charge is 2.02. The van der Waals surface area contributed by atoms with E-state index in [1.54, 1.807) is 12.4 Å². The normalized spacial score (nSPS) is 10.4. The molecule has 4 heteroatoms. The van der Waals surface area contributed by atoms with E-state index in [1.807, 2.05) is 12.1 Å². The third-order valence-electron chi connectivity index (χ3n) is 1.93. The number of nitrogens with zero attached hydrogens (tertiary/aromatic N) is 2. The van der Waals surface area contributed by atoms with Crippen LogP contribution in [0.15, 0.2) is 35.3 Å². The molecule has 14 heavy (non-hydrogen) atoms. The van der Waals surface area contributed by atoms with Crippen LogP contribution >= 0.6 is 0 Å². The van der Waals surface area contributed by atoms with Gasteiger partial charge in [0, 0.05) is 23.9 Å². The molecule has 0 aliphatic rings. The number of hydrogen-bond donors (Lipinski definition) is 1. The van der Waals surface area contributed by atoms with Crippen molar-refractivity contribution in [2.45, 2.75) is 6.42 Å². The van der Waals surface area contributed by atoms with Gasteiger partial charge in [-0.1, -0.05) is 0 Å². The molecule has 4 nitrogen and oxygen atoms in total. The van der Waals surface area contributed by atoms with Gasteiger partial charge in [0.15, 0.2) is 12.2 Å². The van der Waals surface area contributed by atoms with E-state index in [-0.39, 0.29) is 0 Å². The fourth-order valence-corrected chi connectivity index (χ4v) is 1.27. The van der Waals surface area contributed by atoms with Crippen LogP contribution in [0.5, 0.6) is 0 Å². The number of oxazole rings is 1. The summed E-state index contributed by atoms with van der Waals surface area (Å²) in [7, 11) is 0. The molecule has 0 aliphatic heterocycles. The van der Waals surface area contributed by atoms with Crippen molar-refractivity contribution in [3.63, 3.8) is 0 Å². The molecule has 2 heterocycles. The van der Waals surface area contributed by atoms with E-state index in [0.717, 1.165) is 23.4 Å². The molecule has 0 radical (unpaired) electrons. The van der Waals surface area contributed by atoms with Gasteiger partial charge in [-0.2, -0.15) is 0 Å². The summed E-state index contributed by atoms with van der Waals surface area (Å²) in [5, 5.41) is 0. The van der Waals surface area contributed by atoms with Crippen molar-refractivity contribution < 1.29 is 4.42 Å². The van der Waals surface area contributed by atoms with Gasteiger partial charge >= 0.3 is 0 Å². The summed E-state index contributed by atoms with van der Waals surface area (Å²) in [5.41, 5.74) is 7.41. The van der Waals surface area contributed by atoms with Crippen molar-refractivity contribution in [1.82, 2.24) is 9.97 Å². The van der Waals surface area contributed by atoms with Gasteiger partial charge in [0.05, 0.1) is 6.20 Å². The van der Waals surface area contributed by atoms with E-state index < -0.39 is 0 Å². The molecule has 2 rings (SSSR count). The molecule has 0 saturated carbocycles. The lowest BCUT2D eigenvalue weighted by Gasteiger charge is -1.99. The van der Waals surface area contributed by atoms with Crippen molar-refractivity contribution in [2.24, 2.45) is 5.73 Å². The zero-order valence-electron chi connectivity index (χ0n) is 7.68. The van der Waals surface area contributed by atoms with Crippen LogP contribution in [-0.2, 0) is 6.42 Å². The molecular formula is C10H11N3O. The second-order valence-electron chi connectivity index (χ2n) is 2.94. The second kappa shape index (κ2) is 4.02. The first-order valence-corrected chi connectivity index (χ1v) is 4.44. The van der Waals surface area contributed by atoms with Gasteiger partial charge in [-0.3, -0.25) is 4.98 Å². The van der Waals surface area contributed by atoms with Gasteiger partial charge in [0.25, 0.3) is 0 Å². The Bertz CT molecular complexity index is 398. The van der Waals surface area contributed by atoms with E-state index in [2.05, 4.69) is 9.97 Å². The summed E-state index contributed by atoms with van der Waals surface area (Å²) in [4.78, 5) is 8.06. The summed E-state index contributed by atoms with van der Waals surface area (Å²) in [5.74, 6) is 0.755. The minimum absolute atomic E-state index is 0.604. The zero-order valence-corrected chi connectivity index (χ0v) is 7.68. The van der Waals surface area contributed by atoms with Crippen molar-refractivity contribution in [1.29, 1.82) is 0 Å². The fraction of sp³-hybridized carbons (Fsp3) is 0.200. The number of pyridine rings is 1. The minimum atomic E-state index is 0.604. The first-order valence-electron chi connectivity index (χ1n) is 4.44. The number of hydrogen-bond acceptors (Lipinski definition) is 4. The third kappa shape index (κ3) is 1.80.